The highest BCUT2D eigenvalue weighted by Crippen LogP contribution is 2.22. The first-order chi connectivity index (χ1) is 12.5. The Balaban J connectivity index is 1.63. The Kier molecular flexibility index (Phi) is 4.41. The molecule has 0 spiro atoms. The summed E-state index contributed by atoms with van der Waals surface area (Å²) >= 11 is 0. The summed E-state index contributed by atoms with van der Waals surface area (Å²) in [5.41, 5.74) is 1.71. The van der Waals surface area contributed by atoms with Gasteiger partial charge in [-0.25, -0.2) is 22.8 Å². The highest BCUT2D eigenvalue weighted by atomic mass is 32.2. The van der Waals surface area contributed by atoms with Crippen LogP contribution in [0.2, 0.25) is 0 Å². The van der Waals surface area contributed by atoms with E-state index < -0.39 is 22.1 Å². The highest BCUT2D eigenvalue weighted by Gasteiger charge is 2.36. The van der Waals surface area contributed by atoms with Gasteiger partial charge in [0.05, 0.1) is 31.0 Å². The van der Waals surface area contributed by atoms with Gasteiger partial charge in [-0.15, -0.1) is 0 Å². The van der Waals surface area contributed by atoms with Crippen molar-refractivity contribution in [1.82, 2.24) is 24.1 Å². The number of nitrogens with one attached hydrogen (secondary N) is 1. The number of fused-ring (bicyclic) bond motifs is 1. The zero-order valence-corrected chi connectivity index (χ0v) is 15.3. The van der Waals surface area contributed by atoms with Gasteiger partial charge in [-0.2, -0.15) is 5.10 Å². The van der Waals surface area contributed by atoms with Gasteiger partial charge in [-0.05, 0) is 31.2 Å². The summed E-state index contributed by atoms with van der Waals surface area (Å²) in [6.45, 7) is 0.416. The normalized spacial score (nSPS) is 23.1. The summed E-state index contributed by atoms with van der Waals surface area (Å²) in [5, 5.41) is 4.45. The Labute approximate surface area is 151 Å². The average molecular weight is 379 g/mol. The SMILES string of the molecule is Cn1ccnc1S(=O)(=O)NC1COCC1n1nc2c(cc1=O)CCCC2. The first kappa shape index (κ1) is 17.4. The third-order valence-corrected chi connectivity index (χ3v) is 6.41. The summed E-state index contributed by atoms with van der Waals surface area (Å²) in [6, 6.07) is 0.567. The fourth-order valence-electron chi connectivity index (χ4n) is 3.57. The average Bonchev–Trinajstić information content (AvgIpc) is 3.23. The minimum Gasteiger partial charge on any atom is -0.377 e. The Morgan fingerprint density at radius 1 is 1.27 bits per heavy atom. The molecular weight excluding hydrogens is 358 g/mol. The molecule has 0 saturated carbocycles. The van der Waals surface area contributed by atoms with E-state index in [0.29, 0.717) is 0 Å². The highest BCUT2D eigenvalue weighted by molar-refractivity contribution is 7.89. The molecule has 1 aliphatic heterocycles. The Morgan fingerprint density at radius 2 is 2.08 bits per heavy atom. The standard InChI is InChI=1S/C16H21N5O4S/c1-20-7-6-17-16(20)26(23,24)19-13-9-25-10-14(13)21-15(22)8-11-4-2-3-5-12(11)18-21/h6-8,13-14,19H,2-5,9-10H2,1H3. The molecule has 1 N–H and O–H groups in total. The Hall–Kier alpha value is -2.04. The van der Waals surface area contributed by atoms with Crippen molar-refractivity contribution in [1.29, 1.82) is 0 Å². The maximum Gasteiger partial charge on any atom is 0.274 e. The second kappa shape index (κ2) is 6.60. The molecule has 2 unspecified atom stereocenters. The number of imidazole rings is 1. The molecule has 0 bridgehead atoms. The summed E-state index contributed by atoms with van der Waals surface area (Å²) in [4.78, 5) is 16.4. The minimum atomic E-state index is -3.82. The van der Waals surface area contributed by atoms with Crippen molar-refractivity contribution in [3.63, 3.8) is 0 Å². The lowest BCUT2D eigenvalue weighted by atomic mass is 9.97. The molecule has 4 rings (SSSR count). The topological polar surface area (TPSA) is 108 Å². The molecule has 3 heterocycles. The lowest BCUT2D eigenvalue weighted by Crippen LogP contribution is -2.44. The maximum atomic E-state index is 12.6. The van der Waals surface area contributed by atoms with Gasteiger partial charge in [0.25, 0.3) is 15.6 Å². The fourth-order valence-corrected chi connectivity index (χ4v) is 4.94. The second-order valence-electron chi connectivity index (χ2n) is 6.76. The van der Waals surface area contributed by atoms with Crippen LogP contribution >= 0.6 is 0 Å². The number of ether oxygens (including phenoxy) is 1. The van der Waals surface area contributed by atoms with E-state index in [0.717, 1.165) is 36.9 Å². The van der Waals surface area contributed by atoms with E-state index >= 15 is 0 Å². The van der Waals surface area contributed by atoms with Gasteiger partial charge in [0, 0.05) is 25.5 Å². The van der Waals surface area contributed by atoms with Crippen LogP contribution in [-0.2, 0) is 34.6 Å². The van der Waals surface area contributed by atoms with E-state index in [-0.39, 0.29) is 23.9 Å². The summed E-state index contributed by atoms with van der Waals surface area (Å²) in [6.07, 6.45) is 6.81. The fraction of sp³-hybridized carbons (Fsp3) is 0.562. The lowest BCUT2D eigenvalue weighted by Gasteiger charge is -2.22. The zero-order valence-electron chi connectivity index (χ0n) is 14.5. The Bertz CT molecular complexity index is 981. The van der Waals surface area contributed by atoms with E-state index in [9.17, 15) is 13.2 Å². The van der Waals surface area contributed by atoms with E-state index in [1.54, 1.807) is 19.3 Å². The number of aromatic nitrogens is 4. The Morgan fingerprint density at radius 3 is 2.85 bits per heavy atom. The first-order valence-corrected chi connectivity index (χ1v) is 10.1. The molecule has 0 radical (unpaired) electrons. The van der Waals surface area contributed by atoms with Crippen LogP contribution in [0.3, 0.4) is 0 Å². The molecule has 2 aromatic heterocycles. The smallest absolute Gasteiger partial charge is 0.274 e. The second-order valence-corrected chi connectivity index (χ2v) is 8.37. The van der Waals surface area contributed by atoms with Gasteiger partial charge in [-0.1, -0.05) is 0 Å². The molecule has 1 aliphatic carbocycles. The number of sulfonamides is 1. The molecule has 2 atom stereocenters. The molecule has 9 nitrogen and oxygen atoms in total. The van der Waals surface area contributed by atoms with Gasteiger partial charge in [0.15, 0.2) is 0 Å². The van der Waals surface area contributed by atoms with Crippen molar-refractivity contribution < 1.29 is 13.2 Å². The first-order valence-electron chi connectivity index (χ1n) is 8.65. The van der Waals surface area contributed by atoms with Crippen molar-refractivity contribution in [2.45, 2.75) is 42.9 Å². The summed E-state index contributed by atoms with van der Waals surface area (Å²) < 4.78 is 36.1. The number of hydrogen-bond acceptors (Lipinski definition) is 6. The van der Waals surface area contributed by atoms with Crippen molar-refractivity contribution in [2.75, 3.05) is 13.2 Å². The van der Waals surface area contributed by atoms with Crippen LogP contribution in [0.15, 0.2) is 28.4 Å². The zero-order chi connectivity index (χ0) is 18.3. The van der Waals surface area contributed by atoms with Gasteiger partial charge < -0.3 is 9.30 Å². The number of hydrogen-bond donors (Lipinski definition) is 1. The van der Waals surface area contributed by atoms with Crippen molar-refractivity contribution in [2.24, 2.45) is 7.05 Å². The van der Waals surface area contributed by atoms with Gasteiger partial charge in [-0.3, -0.25) is 4.79 Å². The lowest BCUT2D eigenvalue weighted by molar-refractivity contribution is 0.181. The van der Waals surface area contributed by atoms with Crippen molar-refractivity contribution in [3.8, 4) is 0 Å². The van der Waals surface area contributed by atoms with E-state index in [4.69, 9.17) is 4.74 Å². The summed E-state index contributed by atoms with van der Waals surface area (Å²) in [5.74, 6) is 0. The maximum absolute atomic E-state index is 12.6. The largest absolute Gasteiger partial charge is 0.377 e. The number of aryl methyl sites for hydroxylation is 3. The molecule has 10 heteroatoms. The van der Waals surface area contributed by atoms with E-state index in [1.165, 1.54) is 15.4 Å². The van der Waals surface area contributed by atoms with Crippen LogP contribution in [0.5, 0.6) is 0 Å². The van der Waals surface area contributed by atoms with Gasteiger partial charge >= 0.3 is 0 Å². The molecule has 2 aromatic rings. The van der Waals surface area contributed by atoms with E-state index in [2.05, 4.69) is 14.8 Å². The summed E-state index contributed by atoms with van der Waals surface area (Å²) in [7, 11) is -2.21. The molecule has 2 aliphatic rings. The third kappa shape index (κ3) is 3.08. The predicted molar refractivity (Wildman–Crippen MR) is 92.3 cm³/mol. The van der Waals surface area contributed by atoms with Crippen LogP contribution < -0.4 is 10.3 Å². The number of rotatable bonds is 4. The molecule has 0 amide bonds. The molecular formula is C16H21N5O4S. The van der Waals surface area contributed by atoms with Gasteiger partial charge in [0.2, 0.25) is 5.16 Å². The quantitative estimate of drug-likeness (QED) is 0.786. The minimum absolute atomic E-state index is 0.0751. The number of nitrogens with zero attached hydrogens (tertiary/aromatic N) is 4. The van der Waals surface area contributed by atoms with Crippen LogP contribution in [0.1, 0.15) is 30.1 Å². The van der Waals surface area contributed by atoms with Gasteiger partial charge in [0.1, 0.15) is 0 Å². The predicted octanol–water partition coefficient (Wildman–Crippen LogP) is -0.226. The molecule has 1 fully saturated rings. The van der Waals surface area contributed by atoms with Crippen LogP contribution in [-0.4, -0.2) is 47.0 Å². The molecule has 26 heavy (non-hydrogen) atoms. The van der Waals surface area contributed by atoms with Crippen LogP contribution in [0.4, 0.5) is 0 Å². The molecule has 140 valence electrons. The van der Waals surface area contributed by atoms with Crippen molar-refractivity contribution in [3.05, 3.63) is 40.1 Å². The molecule has 0 aromatic carbocycles. The monoisotopic (exact) mass is 379 g/mol. The van der Waals surface area contributed by atoms with Crippen LogP contribution in [0, 0.1) is 0 Å². The van der Waals surface area contributed by atoms with Crippen LogP contribution in [0.25, 0.3) is 0 Å². The molecule has 1 saturated heterocycles. The van der Waals surface area contributed by atoms with Crippen molar-refractivity contribution >= 4 is 10.0 Å². The van der Waals surface area contributed by atoms with E-state index in [1.807, 2.05) is 0 Å². The third-order valence-electron chi connectivity index (χ3n) is 4.92.